The fraction of sp³-hybridized carbons (Fsp3) is 0.368. The van der Waals surface area contributed by atoms with E-state index < -0.39 is 5.54 Å². The van der Waals surface area contributed by atoms with Gasteiger partial charge in [0.15, 0.2) is 0 Å². The molecule has 0 spiro atoms. The minimum Gasteiger partial charge on any atom is -0.320 e. The molecule has 0 aromatic heterocycles. The quantitative estimate of drug-likeness (QED) is 0.698. The third-order valence-electron chi connectivity index (χ3n) is 3.93. The SMILES string of the molecule is C=CCN(CC=C)C(C)C(N)(CC(=C)C)c1ccccc1. The normalized spacial score (nSPS) is 15.2. The highest BCUT2D eigenvalue weighted by atomic mass is 15.2. The van der Waals surface area contributed by atoms with Crippen LogP contribution in [0.25, 0.3) is 0 Å². The number of rotatable bonds is 9. The van der Waals surface area contributed by atoms with Crippen molar-refractivity contribution in [2.24, 2.45) is 5.73 Å². The Balaban J connectivity index is 3.19. The van der Waals surface area contributed by atoms with Crippen LogP contribution in [0.5, 0.6) is 0 Å². The molecule has 2 heteroatoms. The van der Waals surface area contributed by atoms with Gasteiger partial charge in [-0.25, -0.2) is 0 Å². The monoisotopic (exact) mass is 284 g/mol. The Morgan fingerprint density at radius 3 is 2.19 bits per heavy atom. The van der Waals surface area contributed by atoms with E-state index >= 15 is 0 Å². The summed E-state index contributed by atoms with van der Waals surface area (Å²) in [5.41, 5.74) is 8.61. The second-order valence-electron chi connectivity index (χ2n) is 5.75. The summed E-state index contributed by atoms with van der Waals surface area (Å²) in [5.74, 6) is 0. The zero-order valence-corrected chi connectivity index (χ0v) is 13.4. The van der Waals surface area contributed by atoms with Gasteiger partial charge in [0, 0.05) is 19.1 Å². The molecule has 2 N–H and O–H groups in total. The van der Waals surface area contributed by atoms with E-state index in [9.17, 15) is 0 Å². The topological polar surface area (TPSA) is 29.3 Å². The van der Waals surface area contributed by atoms with Gasteiger partial charge in [0.1, 0.15) is 0 Å². The van der Waals surface area contributed by atoms with Gasteiger partial charge in [-0.2, -0.15) is 0 Å². The zero-order valence-electron chi connectivity index (χ0n) is 13.4. The molecule has 0 aliphatic rings. The van der Waals surface area contributed by atoms with E-state index in [2.05, 4.69) is 43.7 Å². The Morgan fingerprint density at radius 1 is 1.24 bits per heavy atom. The summed E-state index contributed by atoms with van der Waals surface area (Å²) >= 11 is 0. The molecule has 2 atom stereocenters. The van der Waals surface area contributed by atoms with E-state index in [1.807, 2.05) is 37.3 Å². The summed E-state index contributed by atoms with van der Waals surface area (Å²) in [7, 11) is 0. The van der Waals surface area contributed by atoms with Gasteiger partial charge in [0.25, 0.3) is 0 Å². The minimum atomic E-state index is -0.473. The van der Waals surface area contributed by atoms with Crippen LogP contribution >= 0.6 is 0 Å². The predicted molar refractivity (Wildman–Crippen MR) is 93.2 cm³/mol. The van der Waals surface area contributed by atoms with Gasteiger partial charge in [-0.1, -0.05) is 48.1 Å². The van der Waals surface area contributed by atoms with Crippen molar-refractivity contribution in [2.45, 2.75) is 31.8 Å². The van der Waals surface area contributed by atoms with Crippen LogP contribution in [0, 0.1) is 0 Å². The van der Waals surface area contributed by atoms with Crippen molar-refractivity contribution < 1.29 is 0 Å². The van der Waals surface area contributed by atoms with E-state index in [0.29, 0.717) is 0 Å². The van der Waals surface area contributed by atoms with Crippen molar-refractivity contribution in [3.63, 3.8) is 0 Å². The van der Waals surface area contributed by atoms with Crippen LogP contribution in [-0.2, 0) is 5.54 Å². The predicted octanol–water partition coefficient (Wildman–Crippen LogP) is 3.87. The van der Waals surface area contributed by atoms with Crippen molar-refractivity contribution in [3.8, 4) is 0 Å². The molecule has 0 aliphatic carbocycles. The smallest absolute Gasteiger partial charge is 0.0602 e. The molecule has 0 saturated heterocycles. The van der Waals surface area contributed by atoms with Gasteiger partial charge >= 0.3 is 0 Å². The molecule has 0 radical (unpaired) electrons. The molecular formula is C19H28N2. The minimum absolute atomic E-state index is 0.146. The van der Waals surface area contributed by atoms with Gasteiger partial charge < -0.3 is 5.73 Å². The highest BCUT2D eigenvalue weighted by Gasteiger charge is 2.36. The van der Waals surface area contributed by atoms with Crippen LogP contribution < -0.4 is 5.73 Å². The van der Waals surface area contributed by atoms with Crippen LogP contribution in [0.4, 0.5) is 0 Å². The van der Waals surface area contributed by atoms with Crippen molar-refractivity contribution in [1.82, 2.24) is 4.90 Å². The second-order valence-corrected chi connectivity index (χ2v) is 5.75. The molecule has 1 aromatic carbocycles. The molecular weight excluding hydrogens is 256 g/mol. The Labute approximate surface area is 129 Å². The molecule has 0 aliphatic heterocycles. The lowest BCUT2D eigenvalue weighted by Crippen LogP contribution is -2.55. The van der Waals surface area contributed by atoms with Crippen LogP contribution in [-0.4, -0.2) is 24.0 Å². The first-order valence-corrected chi connectivity index (χ1v) is 7.40. The molecule has 1 aromatic rings. The third-order valence-corrected chi connectivity index (χ3v) is 3.93. The fourth-order valence-electron chi connectivity index (χ4n) is 2.79. The maximum Gasteiger partial charge on any atom is 0.0602 e. The van der Waals surface area contributed by atoms with Crippen molar-refractivity contribution >= 4 is 0 Å². The molecule has 0 bridgehead atoms. The van der Waals surface area contributed by atoms with Gasteiger partial charge in [-0.3, -0.25) is 4.90 Å². The van der Waals surface area contributed by atoms with Crippen LogP contribution in [0.2, 0.25) is 0 Å². The molecule has 2 nitrogen and oxygen atoms in total. The van der Waals surface area contributed by atoms with Gasteiger partial charge in [0.05, 0.1) is 5.54 Å². The van der Waals surface area contributed by atoms with E-state index in [4.69, 9.17) is 5.73 Å². The fourth-order valence-corrected chi connectivity index (χ4v) is 2.79. The van der Waals surface area contributed by atoms with Crippen molar-refractivity contribution in [3.05, 3.63) is 73.4 Å². The molecule has 0 amide bonds. The molecule has 1 rings (SSSR count). The molecule has 114 valence electrons. The standard InChI is InChI=1S/C19H28N2/c1-6-13-21(14-7-2)17(5)19(20,15-16(3)4)18-11-9-8-10-12-18/h6-12,17H,1-3,13-15,20H2,4-5H3. The Hall–Kier alpha value is -1.64. The number of nitrogens with zero attached hydrogens (tertiary/aromatic N) is 1. The average Bonchev–Trinajstić information content (AvgIpc) is 2.46. The first kappa shape index (κ1) is 17.4. The Kier molecular flexibility index (Phi) is 6.60. The molecule has 0 heterocycles. The molecule has 2 unspecified atom stereocenters. The molecule has 21 heavy (non-hydrogen) atoms. The summed E-state index contributed by atoms with van der Waals surface area (Å²) in [4.78, 5) is 2.29. The zero-order chi connectivity index (χ0) is 15.9. The summed E-state index contributed by atoms with van der Waals surface area (Å²) in [5, 5.41) is 0. The van der Waals surface area contributed by atoms with Crippen LogP contribution in [0.15, 0.2) is 67.8 Å². The number of benzene rings is 1. The van der Waals surface area contributed by atoms with Crippen molar-refractivity contribution in [2.75, 3.05) is 13.1 Å². The molecule has 0 fully saturated rings. The van der Waals surface area contributed by atoms with Crippen LogP contribution in [0.1, 0.15) is 25.8 Å². The maximum absolute atomic E-state index is 6.85. The molecule has 0 saturated carbocycles. The lowest BCUT2D eigenvalue weighted by atomic mass is 9.79. The first-order chi connectivity index (χ1) is 9.95. The van der Waals surface area contributed by atoms with Gasteiger partial charge in [-0.05, 0) is 25.8 Å². The van der Waals surface area contributed by atoms with Crippen molar-refractivity contribution in [1.29, 1.82) is 0 Å². The Bertz CT molecular complexity index is 468. The second kappa shape index (κ2) is 7.96. The highest BCUT2D eigenvalue weighted by Crippen LogP contribution is 2.31. The number of hydrogen-bond acceptors (Lipinski definition) is 2. The van der Waals surface area contributed by atoms with E-state index in [-0.39, 0.29) is 6.04 Å². The van der Waals surface area contributed by atoms with E-state index in [1.54, 1.807) is 0 Å². The summed E-state index contributed by atoms with van der Waals surface area (Å²) in [6.45, 7) is 17.5. The van der Waals surface area contributed by atoms with Gasteiger partial charge in [-0.15, -0.1) is 19.7 Å². The lowest BCUT2D eigenvalue weighted by molar-refractivity contribution is 0.157. The van der Waals surface area contributed by atoms with Gasteiger partial charge in [0.2, 0.25) is 0 Å². The first-order valence-electron chi connectivity index (χ1n) is 7.40. The summed E-state index contributed by atoms with van der Waals surface area (Å²) in [6, 6.07) is 10.4. The van der Waals surface area contributed by atoms with Crippen LogP contribution in [0.3, 0.4) is 0 Å². The summed E-state index contributed by atoms with van der Waals surface area (Å²) < 4.78 is 0. The largest absolute Gasteiger partial charge is 0.320 e. The average molecular weight is 284 g/mol. The number of nitrogens with two attached hydrogens (primary N) is 1. The summed E-state index contributed by atoms with van der Waals surface area (Å²) in [6.07, 6.45) is 4.57. The lowest BCUT2D eigenvalue weighted by Gasteiger charge is -2.42. The number of hydrogen-bond donors (Lipinski definition) is 1. The maximum atomic E-state index is 6.85. The Morgan fingerprint density at radius 2 is 1.76 bits per heavy atom. The highest BCUT2D eigenvalue weighted by molar-refractivity contribution is 5.28. The van der Waals surface area contributed by atoms with E-state index in [0.717, 1.165) is 30.6 Å². The van der Waals surface area contributed by atoms with E-state index in [1.165, 1.54) is 0 Å². The third kappa shape index (κ3) is 4.42.